The maximum atomic E-state index is 11.6. The Morgan fingerprint density at radius 1 is 1.28 bits per heavy atom. The first-order chi connectivity index (χ1) is 8.68. The zero-order valence-electron chi connectivity index (χ0n) is 10.4. The molecular formula is C14H16N2O2. The third-order valence-corrected chi connectivity index (χ3v) is 2.91. The van der Waals surface area contributed by atoms with Crippen molar-refractivity contribution in [2.45, 2.75) is 32.7 Å². The van der Waals surface area contributed by atoms with Crippen molar-refractivity contribution >= 4 is 16.7 Å². The molecule has 0 saturated heterocycles. The van der Waals surface area contributed by atoms with Gasteiger partial charge in [0.15, 0.2) is 0 Å². The quantitative estimate of drug-likeness (QED) is 0.757. The lowest BCUT2D eigenvalue weighted by atomic mass is 10.2. The maximum absolute atomic E-state index is 11.6. The lowest BCUT2D eigenvalue weighted by Crippen LogP contribution is -2.12. The Bertz CT molecular complexity index is 616. The molecule has 4 heteroatoms. The van der Waals surface area contributed by atoms with Crippen LogP contribution < -0.4 is 5.43 Å². The van der Waals surface area contributed by atoms with Crippen LogP contribution in [0.15, 0.2) is 35.3 Å². The molecule has 0 bridgehead atoms. The molecule has 0 unspecified atom stereocenters. The van der Waals surface area contributed by atoms with Crippen molar-refractivity contribution in [3.05, 3.63) is 40.7 Å². The molecule has 0 aliphatic carbocycles. The summed E-state index contributed by atoms with van der Waals surface area (Å²) in [6.45, 7) is 2.33. The van der Waals surface area contributed by atoms with Gasteiger partial charge in [-0.1, -0.05) is 12.1 Å². The predicted octanol–water partition coefficient (Wildman–Crippen LogP) is 2.16. The molecule has 1 aromatic carbocycles. The molecule has 4 nitrogen and oxygen atoms in total. The summed E-state index contributed by atoms with van der Waals surface area (Å²) in [7, 11) is 0. The zero-order chi connectivity index (χ0) is 13.0. The number of carbonyl (C=O) groups excluding carboxylic acids is 1. The van der Waals surface area contributed by atoms with Gasteiger partial charge in [0.1, 0.15) is 5.78 Å². The Morgan fingerprint density at radius 3 is 2.83 bits per heavy atom. The number of hydrogen-bond donors (Lipinski definition) is 0. The van der Waals surface area contributed by atoms with Crippen LogP contribution in [0.1, 0.15) is 26.2 Å². The molecule has 2 aromatic rings. The summed E-state index contributed by atoms with van der Waals surface area (Å²) in [6.07, 6.45) is 3.71. The largest absolute Gasteiger partial charge is 0.300 e. The second-order valence-electron chi connectivity index (χ2n) is 4.41. The van der Waals surface area contributed by atoms with Crippen molar-refractivity contribution in [1.82, 2.24) is 9.78 Å². The molecule has 1 heterocycles. The molecule has 0 spiro atoms. The molecule has 0 fully saturated rings. The van der Waals surface area contributed by atoms with E-state index >= 15 is 0 Å². The highest BCUT2D eigenvalue weighted by atomic mass is 16.1. The number of nitrogens with zero attached hydrogens (tertiary/aromatic N) is 2. The van der Waals surface area contributed by atoms with Gasteiger partial charge in [-0.05, 0) is 31.9 Å². The van der Waals surface area contributed by atoms with Gasteiger partial charge in [0.2, 0.25) is 5.43 Å². The number of ketones is 1. The van der Waals surface area contributed by atoms with Gasteiger partial charge in [0, 0.05) is 18.4 Å². The van der Waals surface area contributed by atoms with E-state index in [0.717, 1.165) is 24.9 Å². The van der Waals surface area contributed by atoms with Gasteiger partial charge in [-0.15, -0.1) is 0 Å². The number of carbonyl (C=O) groups is 1. The van der Waals surface area contributed by atoms with Gasteiger partial charge in [-0.3, -0.25) is 9.48 Å². The summed E-state index contributed by atoms with van der Waals surface area (Å²) in [5.41, 5.74) is 0.804. The molecule has 0 aliphatic rings. The van der Waals surface area contributed by atoms with E-state index in [1.807, 2.05) is 28.9 Å². The molecular weight excluding hydrogens is 228 g/mol. The summed E-state index contributed by atoms with van der Waals surface area (Å²) in [6, 6.07) is 7.46. The predicted molar refractivity (Wildman–Crippen MR) is 70.5 cm³/mol. The van der Waals surface area contributed by atoms with Crippen LogP contribution in [0, 0.1) is 0 Å². The fourth-order valence-electron chi connectivity index (χ4n) is 1.97. The van der Waals surface area contributed by atoms with Gasteiger partial charge < -0.3 is 4.79 Å². The molecule has 0 radical (unpaired) electrons. The minimum Gasteiger partial charge on any atom is -0.300 e. The standard InChI is InChI=1S/C14H16N2O2/c1-11(17)6-4-5-9-16-13-8-3-2-7-12(13)14(18)10-15-16/h2-3,7-8,10H,4-6,9H2,1H3. The Kier molecular flexibility index (Phi) is 3.87. The van der Waals surface area contributed by atoms with Gasteiger partial charge >= 0.3 is 0 Å². The van der Waals surface area contributed by atoms with Crippen LogP contribution in [0.25, 0.3) is 10.9 Å². The van der Waals surface area contributed by atoms with Crippen LogP contribution in [-0.4, -0.2) is 15.6 Å². The highest BCUT2D eigenvalue weighted by molar-refractivity contribution is 5.77. The topological polar surface area (TPSA) is 52.0 Å². The van der Waals surface area contributed by atoms with Crippen LogP contribution in [0.3, 0.4) is 0 Å². The number of Topliss-reactive ketones (excluding diaryl/α,β-unsaturated/α-hetero) is 1. The van der Waals surface area contributed by atoms with E-state index in [2.05, 4.69) is 5.10 Å². The smallest absolute Gasteiger partial charge is 0.207 e. The fraction of sp³-hybridized carbons (Fsp3) is 0.357. The number of unbranched alkanes of at least 4 members (excludes halogenated alkanes) is 1. The van der Waals surface area contributed by atoms with E-state index in [-0.39, 0.29) is 11.2 Å². The molecule has 94 valence electrons. The molecule has 0 atom stereocenters. The number of aryl methyl sites for hydroxylation is 1. The summed E-state index contributed by atoms with van der Waals surface area (Å²) in [5, 5.41) is 4.84. The van der Waals surface area contributed by atoms with Gasteiger partial charge in [-0.2, -0.15) is 5.10 Å². The normalized spacial score (nSPS) is 10.7. The van der Waals surface area contributed by atoms with Gasteiger partial charge in [0.05, 0.1) is 11.7 Å². The van der Waals surface area contributed by atoms with Crippen LogP contribution in [0.4, 0.5) is 0 Å². The van der Waals surface area contributed by atoms with E-state index in [0.29, 0.717) is 11.8 Å². The Labute approximate surface area is 105 Å². The summed E-state index contributed by atoms with van der Waals surface area (Å²) >= 11 is 0. The van der Waals surface area contributed by atoms with Gasteiger partial charge in [0.25, 0.3) is 0 Å². The first kappa shape index (κ1) is 12.5. The number of rotatable bonds is 5. The molecule has 0 aliphatic heterocycles. The van der Waals surface area contributed by atoms with E-state index in [9.17, 15) is 9.59 Å². The summed E-state index contributed by atoms with van der Waals surface area (Å²) < 4.78 is 1.83. The first-order valence-electron chi connectivity index (χ1n) is 6.13. The Hall–Kier alpha value is -1.97. The highest BCUT2D eigenvalue weighted by Crippen LogP contribution is 2.09. The average Bonchev–Trinajstić information content (AvgIpc) is 2.37. The number of hydrogen-bond acceptors (Lipinski definition) is 3. The zero-order valence-corrected chi connectivity index (χ0v) is 10.4. The van der Waals surface area contributed by atoms with Crippen molar-refractivity contribution in [3.8, 4) is 0 Å². The third kappa shape index (κ3) is 2.83. The van der Waals surface area contributed by atoms with Crippen LogP contribution in [0.2, 0.25) is 0 Å². The van der Waals surface area contributed by atoms with E-state index in [1.165, 1.54) is 6.20 Å². The van der Waals surface area contributed by atoms with Crippen molar-refractivity contribution in [2.24, 2.45) is 0 Å². The minimum absolute atomic E-state index is 0.0504. The molecule has 0 N–H and O–H groups in total. The lowest BCUT2D eigenvalue weighted by Gasteiger charge is -2.08. The maximum Gasteiger partial charge on any atom is 0.207 e. The highest BCUT2D eigenvalue weighted by Gasteiger charge is 2.03. The molecule has 0 saturated carbocycles. The minimum atomic E-state index is -0.0504. The summed E-state index contributed by atoms with van der Waals surface area (Å²) in [4.78, 5) is 22.5. The molecule has 18 heavy (non-hydrogen) atoms. The first-order valence-corrected chi connectivity index (χ1v) is 6.13. The fourth-order valence-corrected chi connectivity index (χ4v) is 1.97. The second-order valence-corrected chi connectivity index (χ2v) is 4.41. The number of aromatic nitrogens is 2. The van der Waals surface area contributed by atoms with Crippen molar-refractivity contribution < 1.29 is 4.79 Å². The van der Waals surface area contributed by atoms with E-state index in [1.54, 1.807) is 6.92 Å². The van der Waals surface area contributed by atoms with Crippen LogP contribution in [-0.2, 0) is 11.3 Å². The molecule has 1 aromatic heterocycles. The Morgan fingerprint density at radius 2 is 2.06 bits per heavy atom. The average molecular weight is 244 g/mol. The van der Waals surface area contributed by atoms with E-state index < -0.39 is 0 Å². The SMILES string of the molecule is CC(=O)CCCCn1ncc(=O)c2ccccc21. The van der Waals surface area contributed by atoms with Crippen molar-refractivity contribution in [3.63, 3.8) is 0 Å². The summed E-state index contributed by atoms with van der Waals surface area (Å²) in [5.74, 6) is 0.215. The third-order valence-electron chi connectivity index (χ3n) is 2.91. The number of fused-ring (bicyclic) bond motifs is 1. The van der Waals surface area contributed by atoms with Crippen LogP contribution >= 0.6 is 0 Å². The number of para-hydroxylation sites is 1. The number of benzene rings is 1. The second kappa shape index (κ2) is 5.58. The molecule has 2 rings (SSSR count). The van der Waals surface area contributed by atoms with Crippen molar-refractivity contribution in [2.75, 3.05) is 0 Å². The van der Waals surface area contributed by atoms with E-state index in [4.69, 9.17) is 0 Å². The van der Waals surface area contributed by atoms with Crippen molar-refractivity contribution in [1.29, 1.82) is 0 Å². The van der Waals surface area contributed by atoms with Gasteiger partial charge in [-0.25, -0.2) is 0 Å². The van der Waals surface area contributed by atoms with Crippen LogP contribution in [0.5, 0.6) is 0 Å². The molecule has 0 amide bonds. The lowest BCUT2D eigenvalue weighted by molar-refractivity contribution is -0.117. The Balaban J connectivity index is 2.16. The monoisotopic (exact) mass is 244 g/mol.